The number of nitrogens with zero attached hydrogens (tertiary/aromatic N) is 1. The molecule has 2 N–H and O–H groups in total. The van der Waals surface area contributed by atoms with Crippen molar-refractivity contribution in [2.45, 2.75) is 25.8 Å². The van der Waals surface area contributed by atoms with E-state index < -0.39 is 6.04 Å². The molecule has 3 heteroatoms. The summed E-state index contributed by atoms with van der Waals surface area (Å²) in [5.41, 5.74) is 6.65. The molecule has 80 valence electrons. The molecule has 0 saturated heterocycles. The molecular weight excluding hydrogens is 188 g/mol. The minimum absolute atomic E-state index is 0.234. The van der Waals surface area contributed by atoms with Gasteiger partial charge in [-0.05, 0) is 23.6 Å². The second-order valence-electron chi connectivity index (χ2n) is 3.77. The minimum Gasteiger partial charge on any atom is -0.491 e. The number of rotatable bonds is 4. The number of nitrogens with two attached hydrogens (primary N) is 1. The topological polar surface area (TPSA) is 59.0 Å². The van der Waals surface area contributed by atoms with Gasteiger partial charge in [-0.15, -0.1) is 0 Å². The zero-order valence-corrected chi connectivity index (χ0v) is 9.10. The summed E-state index contributed by atoms with van der Waals surface area (Å²) in [4.78, 5) is 0. The summed E-state index contributed by atoms with van der Waals surface area (Å²) < 4.78 is 5.40. The Morgan fingerprint density at radius 1 is 1.47 bits per heavy atom. The van der Waals surface area contributed by atoms with Gasteiger partial charge in [0.2, 0.25) is 0 Å². The van der Waals surface area contributed by atoms with E-state index in [-0.39, 0.29) is 6.61 Å². The van der Waals surface area contributed by atoms with E-state index in [4.69, 9.17) is 15.7 Å². The van der Waals surface area contributed by atoms with Gasteiger partial charge < -0.3 is 10.5 Å². The van der Waals surface area contributed by atoms with Crippen molar-refractivity contribution in [1.29, 1.82) is 5.26 Å². The summed E-state index contributed by atoms with van der Waals surface area (Å²) >= 11 is 0. The van der Waals surface area contributed by atoms with Gasteiger partial charge in [-0.2, -0.15) is 5.26 Å². The zero-order valence-electron chi connectivity index (χ0n) is 9.10. The lowest BCUT2D eigenvalue weighted by Crippen LogP contribution is -2.25. The van der Waals surface area contributed by atoms with Crippen molar-refractivity contribution < 1.29 is 4.74 Å². The second kappa shape index (κ2) is 5.38. The monoisotopic (exact) mass is 204 g/mol. The third-order valence-electron chi connectivity index (χ3n) is 2.12. The lowest BCUT2D eigenvalue weighted by Gasteiger charge is -2.10. The van der Waals surface area contributed by atoms with Gasteiger partial charge in [0.05, 0.1) is 6.07 Å². The van der Waals surface area contributed by atoms with Crippen LogP contribution in [0.2, 0.25) is 0 Å². The Morgan fingerprint density at radius 3 is 2.80 bits per heavy atom. The van der Waals surface area contributed by atoms with Gasteiger partial charge in [-0.25, -0.2) is 0 Å². The van der Waals surface area contributed by atoms with Crippen molar-refractivity contribution >= 4 is 0 Å². The molecule has 0 radical (unpaired) electrons. The molecule has 0 fully saturated rings. The Bertz CT molecular complexity index is 355. The largest absolute Gasteiger partial charge is 0.491 e. The second-order valence-corrected chi connectivity index (χ2v) is 3.77. The van der Waals surface area contributed by atoms with Crippen LogP contribution in [0.15, 0.2) is 24.3 Å². The van der Waals surface area contributed by atoms with Gasteiger partial charge in [-0.3, -0.25) is 0 Å². The van der Waals surface area contributed by atoms with Crippen LogP contribution in [-0.2, 0) is 0 Å². The van der Waals surface area contributed by atoms with E-state index >= 15 is 0 Å². The molecule has 0 bridgehead atoms. The van der Waals surface area contributed by atoms with E-state index in [0.717, 1.165) is 5.75 Å². The highest BCUT2D eigenvalue weighted by Gasteiger charge is 2.03. The molecule has 1 rings (SSSR count). The maximum Gasteiger partial charge on any atom is 0.127 e. The molecule has 1 unspecified atom stereocenters. The highest BCUT2D eigenvalue weighted by molar-refractivity contribution is 5.30. The van der Waals surface area contributed by atoms with Crippen LogP contribution >= 0.6 is 0 Å². The number of hydrogen-bond acceptors (Lipinski definition) is 3. The predicted octanol–water partition coefficient (Wildman–Crippen LogP) is 2.04. The van der Waals surface area contributed by atoms with E-state index in [1.807, 2.05) is 24.3 Å². The first-order valence-corrected chi connectivity index (χ1v) is 5.01. The third-order valence-corrected chi connectivity index (χ3v) is 2.12. The predicted molar refractivity (Wildman–Crippen MR) is 59.6 cm³/mol. The van der Waals surface area contributed by atoms with Crippen molar-refractivity contribution in [3.05, 3.63) is 29.8 Å². The van der Waals surface area contributed by atoms with E-state index in [2.05, 4.69) is 19.9 Å². The molecule has 1 aromatic carbocycles. The van der Waals surface area contributed by atoms with Crippen molar-refractivity contribution in [2.75, 3.05) is 6.61 Å². The van der Waals surface area contributed by atoms with E-state index in [1.54, 1.807) is 0 Å². The van der Waals surface area contributed by atoms with E-state index in [1.165, 1.54) is 5.56 Å². The first-order chi connectivity index (χ1) is 7.13. The highest BCUT2D eigenvalue weighted by Crippen LogP contribution is 2.19. The van der Waals surface area contributed by atoms with Crippen LogP contribution in [0, 0.1) is 11.3 Å². The summed E-state index contributed by atoms with van der Waals surface area (Å²) in [5, 5.41) is 8.50. The van der Waals surface area contributed by atoms with Crippen molar-refractivity contribution in [2.24, 2.45) is 5.73 Å². The number of hydrogen-bond donors (Lipinski definition) is 1. The Kier molecular flexibility index (Phi) is 4.14. The smallest absolute Gasteiger partial charge is 0.127 e. The molecule has 0 heterocycles. The Balaban J connectivity index is 2.62. The van der Waals surface area contributed by atoms with E-state index in [0.29, 0.717) is 5.92 Å². The molecule has 1 atom stereocenters. The standard InChI is InChI=1S/C12H16N2O/c1-9(2)10-4-3-5-12(6-10)15-8-11(14)7-13/h3-6,9,11H,8,14H2,1-2H3. The summed E-state index contributed by atoms with van der Waals surface area (Å²) in [5.74, 6) is 1.24. The summed E-state index contributed by atoms with van der Waals surface area (Å²) in [6.45, 7) is 4.48. The van der Waals surface area contributed by atoms with E-state index in [9.17, 15) is 0 Å². The molecule has 15 heavy (non-hydrogen) atoms. The Labute approximate surface area is 90.5 Å². The SMILES string of the molecule is CC(C)c1cccc(OCC(N)C#N)c1. The molecule has 0 saturated carbocycles. The summed E-state index contributed by atoms with van der Waals surface area (Å²) in [6, 6.07) is 9.22. The normalized spacial score (nSPS) is 12.2. The molecule has 0 aliphatic heterocycles. The summed E-state index contributed by atoms with van der Waals surface area (Å²) in [6.07, 6.45) is 0. The van der Waals surface area contributed by atoms with Gasteiger partial charge in [-0.1, -0.05) is 26.0 Å². The molecule has 0 aromatic heterocycles. The number of nitriles is 1. The molecule has 0 aliphatic rings. The van der Waals surface area contributed by atoms with Crippen molar-refractivity contribution in [3.8, 4) is 11.8 Å². The molecule has 0 spiro atoms. The lowest BCUT2D eigenvalue weighted by molar-refractivity contribution is 0.308. The maximum absolute atomic E-state index is 8.50. The quantitative estimate of drug-likeness (QED) is 0.816. The lowest BCUT2D eigenvalue weighted by atomic mass is 10.0. The van der Waals surface area contributed by atoms with Crippen LogP contribution in [0.1, 0.15) is 25.3 Å². The Hall–Kier alpha value is -1.53. The number of ether oxygens (including phenoxy) is 1. The third kappa shape index (κ3) is 3.61. The Morgan fingerprint density at radius 2 is 2.20 bits per heavy atom. The van der Waals surface area contributed by atoms with Crippen molar-refractivity contribution in [1.82, 2.24) is 0 Å². The van der Waals surface area contributed by atoms with Gasteiger partial charge in [0.1, 0.15) is 18.4 Å². The zero-order chi connectivity index (χ0) is 11.3. The average Bonchev–Trinajstić information content (AvgIpc) is 2.26. The van der Waals surface area contributed by atoms with Crippen LogP contribution in [0.25, 0.3) is 0 Å². The first kappa shape index (κ1) is 11.5. The van der Waals surface area contributed by atoms with Crippen LogP contribution < -0.4 is 10.5 Å². The molecule has 3 nitrogen and oxygen atoms in total. The average molecular weight is 204 g/mol. The minimum atomic E-state index is -0.562. The first-order valence-electron chi connectivity index (χ1n) is 5.01. The fraction of sp³-hybridized carbons (Fsp3) is 0.417. The van der Waals surface area contributed by atoms with Crippen molar-refractivity contribution in [3.63, 3.8) is 0 Å². The molecule has 0 amide bonds. The van der Waals surface area contributed by atoms with Crippen LogP contribution in [0.3, 0.4) is 0 Å². The number of benzene rings is 1. The summed E-state index contributed by atoms with van der Waals surface area (Å²) in [7, 11) is 0. The molecule has 0 aliphatic carbocycles. The van der Waals surface area contributed by atoms with Gasteiger partial charge in [0.25, 0.3) is 0 Å². The van der Waals surface area contributed by atoms with Crippen LogP contribution in [-0.4, -0.2) is 12.6 Å². The molecule has 1 aromatic rings. The fourth-order valence-corrected chi connectivity index (χ4v) is 1.19. The fourth-order valence-electron chi connectivity index (χ4n) is 1.19. The van der Waals surface area contributed by atoms with Gasteiger partial charge in [0, 0.05) is 0 Å². The van der Waals surface area contributed by atoms with Gasteiger partial charge >= 0.3 is 0 Å². The van der Waals surface area contributed by atoms with Crippen LogP contribution in [0.5, 0.6) is 5.75 Å². The maximum atomic E-state index is 8.50. The molecular formula is C12H16N2O. The highest BCUT2D eigenvalue weighted by atomic mass is 16.5. The van der Waals surface area contributed by atoms with Gasteiger partial charge in [0.15, 0.2) is 0 Å². The van der Waals surface area contributed by atoms with Crippen LogP contribution in [0.4, 0.5) is 0 Å².